The van der Waals surface area contributed by atoms with Crippen molar-refractivity contribution in [2.45, 2.75) is 25.7 Å². The van der Waals surface area contributed by atoms with Crippen LogP contribution >= 0.6 is 31.9 Å². The molecule has 2 nitrogen and oxygen atoms in total. The summed E-state index contributed by atoms with van der Waals surface area (Å²) in [4.78, 5) is 0. The molecule has 0 spiro atoms. The summed E-state index contributed by atoms with van der Waals surface area (Å²) >= 11 is 7.12. The van der Waals surface area contributed by atoms with Crippen molar-refractivity contribution < 1.29 is 0 Å². The zero-order chi connectivity index (χ0) is 16.2. The molecule has 4 rings (SSSR count). The Morgan fingerprint density at radius 3 is 2.43 bits per heavy atom. The Balaban J connectivity index is 1.98. The molecule has 23 heavy (non-hydrogen) atoms. The van der Waals surface area contributed by atoms with E-state index < -0.39 is 0 Å². The highest BCUT2D eigenvalue weighted by Gasteiger charge is 2.33. The summed E-state index contributed by atoms with van der Waals surface area (Å²) in [6.45, 7) is 4.61. The quantitative estimate of drug-likeness (QED) is 0.469. The van der Waals surface area contributed by atoms with Gasteiger partial charge < -0.3 is 0 Å². The molecule has 0 saturated carbocycles. The van der Waals surface area contributed by atoms with E-state index in [2.05, 4.69) is 98.0 Å². The summed E-state index contributed by atoms with van der Waals surface area (Å²) in [6.07, 6.45) is 3.02. The fraction of sp³-hybridized carbons (Fsp3) is 0.211. The SMILES string of the molecule is CC1(C)Cc2cnn(-c3ccc(Br)cc3)c2-c2cc(Br)ccc21. The number of hydrogen-bond donors (Lipinski definition) is 0. The molecule has 116 valence electrons. The van der Waals surface area contributed by atoms with Crippen LogP contribution in [0.15, 0.2) is 57.6 Å². The van der Waals surface area contributed by atoms with Gasteiger partial charge in [-0.15, -0.1) is 0 Å². The monoisotopic (exact) mass is 430 g/mol. The molecular weight excluding hydrogens is 416 g/mol. The van der Waals surface area contributed by atoms with Gasteiger partial charge in [0, 0.05) is 14.5 Å². The first kappa shape index (κ1) is 15.2. The molecule has 0 saturated heterocycles. The minimum Gasteiger partial charge on any atom is -0.233 e. The molecule has 0 N–H and O–H groups in total. The van der Waals surface area contributed by atoms with Gasteiger partial charge in [0.2, 0.25) is 0 Å². The van der Waals surface area contributed by atoms with E-state index in [0.29, 0.717) is 0 Å². The first-order valence-corrected chi connectivity index (χ1v) is 9.17. The van der Waals surface area contributed by atoms with Crippen LogP contribution in [0.4, 0.5) is 0 Å². The molecule has 2 aromatic carbocycles. The van der Waals surface area contributed by atoms with Crippen LogP contribution in [0.2, 0.25) is 0 Å². The predicted octanol–water partition coefficient (Wildman–Crippen LogP) is 5.90. The maximum atomic E-state index is 4.68. The molecule has 0 radical (unpaired) electrons. The van der Waals surface area contributed by atoms with E-state index in [4.69, 9.17) is 0 Å². The van der Waals surface area contributed by atoms with Gasteiger partial charge in [-0.05, 0) is 59.4 Å². The third kappa shape index (κ3) is 2.48. The highest BCUT2D eigenvalue weighted by atomic mass is 79.9. The first-order valence-electron chi connectivity index (χ1n) is 7.59. The fourth-order valence-electron chi connectivity index (χ4n) is 3.45. The first-order chi connectivity index (χ1) is 11.0. The van der Waals surface area contributed by atoms with Crippen LogP contribution < -0.4 is 0 Å². The topological polar surface area (TPSA) is 17.8 Å². The number of nitrogens with zero attached hydrogens (tertiary/aromatic N) is 2. The molecule has 4 heteroatoms. The van der Waals surface area contributed by atoms with Crippen molar-refractivity contribution in [2.75, 3.05) is 0 Å². The van der Waals surface area contributed by atoms with Gasteiger partial charge in [0.1, 0.15) is 0 Å². The molecule has 1 heterocycles. The minimum absolute atomic E-state index is 0.122. The standard InChI is InChI=1S/C19H16Br2N2/c1-19(2)10-12-11-22-23(15-6-3-13(20)4-7-15)18(12)16-9-14(21)5-8-17(16)19/h3-9,11H,10H2,1-2H3. The molecule has 1 aliphatic carbocycles. The predicted molar refractivity (Wildman–Crippen MR) is 101 cm³/mol. The van der Waals surface area contributed by atoms with E-state index in [-0.39, 0.29) is 5.41 Å². The third-order valence-electron chi connectivity index (χ3n) is 4.51. The number of fused-ring (bicyclic) bond motifs is 3. The fourth-order valence-corrected chi connectivity index (χ4v) is 4.08. The summed E-state index contributed by atoms with van der Waals surface area (Å²) < 4.78 is 4.23. The Morgan fingerprint density at radius 1 is 1.00 bits per heavy atom. The lowest BCUT2D eigenvalue weighted by molar-refractivity contribution is 0.516. The van der Waals surface area contributed by atoms with Gasteiger partial charge >= 0.3 is 0 Å². The Bertz CT molecular complexity index is 892. The van der Waals surface area contributed by atoms with E-state index in [1.54, 1.807) is 0 Å². The Labute approximate surface area is 152 Å². The van der Waals surface area contributed by atoms with E-state index in [0.717, 1.165) is 21.1 Å². The van der Waals surface area contributed by atoms with Crippen molar-refractivity contribution in [2.24, 2.45) is 0 Å². The Morgan fingerprint density at radius 2 is 1.70 bits per heavy atom. The smallest absolute Gasteiger partial charge is 0.0776 e. The van der Waals surface area contributed by atoms with Crippen LogP contribution in [-0.2, 0) is 11.8 Å². The average molecular weight is 432 g/mol. The average Bonchev–Trinajstić information content (AvgIpc) is 2.90. The van der Waals surface area contributed by atoms with Crippen LogP contribution in [0.1, 0.15) is 25.0 Å². The van der Waals surface area contributed by atoms with E-state index in [1.807, 2.05) is 6.20 Å². The minimum atomic E-state index is 0.122. The van der Waals surface area contributed by atoms with Crippen LogP contribution in [0.25, 0.3) is 16.9 Å². The number of benzene rings is 2. The highest BCUT2D eigenvalue weighted by Crippen LogP contribution is 2.44. The summed E-state index contributed by atoms with van der Waals surface area (Å²) in [5, 5.41) is 4.68. The van der Waals surface area contributed by atoms with Crippen molar-refractivity contribution in [3.8, 4) is 16.9 Å². The normalized spacial score (nSPS) is 15.1. The van der Waals surface area contributed by atoms with Gasteiger partial charge in [-0.3, -0.25) is 0 Å². The second-order valence-corrected chi connectivity index (χ2v) is 8.49. The summed E-state index contributed by atoms with van der Waals surface area (Å²) in [5.74, 6) is 0. The zero-order valence-corrected chi connectivity index (χ0v) is 16.1. The lowest BCUT2D eigenvalue weighted by Gasteiger charge is -2.33. The van der Waals surface area contributed by atoms with Crippen molar-refractivity contribution in [3.05, 3.63) is 68.7 Å². The molecule has 0 unspecified atom stereocenters. The van der Waals surface area contributed by atoms with E-state index in [1.165, 1.54) is 22.4 Å². The van der Waals surface area contributed by atoms with Crippen molar-refractivity contribution in [1.29, 1.82) is 0 Å². The molecular formula is C19H16Br2N2. The van der Waals surface area contributed by atoms with Gasteiger partial charge in [0.15, 0.2) is 0 Å². The lowest BCUT2D eigenvalue weighted by atomic mass is 9.72. The van der Waals surface area contributed by atoms with Crippen molar-refractivity contribution in [3.63, 3.8) is 0 Å². The van der Waals surface area contributed by atoms with E-state index in [9.17, 15) is 0 Å². The van der Waals surface area contributed by atoms with Gasteiger partial charge in [0.25, 0.3) is 0 Å². The second-order valence-electron chi connectivity index (χ2n) is 6.66. The maximum Gasteiger partial charge on any atom is 0.0776 e. The highest BCUT2D eigenvalue weighted by molar-refractivity contribution is 9.10. The van der Waals surface area contributed by atoms with Crippen LogP contribution in [0.5, 0.6) is 0 Å². The number of hydrogen-bond acceptors (Lipinski definition) is 1. The van der Waals surface area contributed by atoms with Gasteiger partial charge in [-0.1, -0.05) is 51.8 Å². The number of rotatable bonds is 1. The van der Waals surface area contributed by atoms with Crippen molar-refractivity contribution >= 4 is 31.9 Å². The van der Waals surface area contributed by atoms with Crippen LogP contribution in [-0.4, -0.2) is 9.78 Å². The largest absolute Gasteiger partial charge is 0.233 e. The Kier molecular flexibility index (Phi) is 3.50. The summed E-state index contributed by atoms with van der Waals surface area (Å²) in [5.41, 5.74) is 6.38. The summed E-state index contributed by atoms with van der Waals surface area (Å²) in [7, 11) is 0. The van der Waals surface area contributed by atoms with Crippen LogP contribution in [0, 0.1) is 0 Å². The maximum absolute atomic E-state index is 4.68. The second kappa shape index (κ2) is 5.32. The molecule has 0 amide bonds. The number of aromatic nitrogens is 2. The molecule has 1 aliphatic rings. The number of halogens is 2. The molecule has 0 bridgehead atoms. The van der Waals surface area contributed by atoms with Crippen molar-refractivity contribution in [1.82, 2.24) is 9.78 Å². The van der Waals surface area contributed by atoms with Crippen LogP contribution in [0.3, 0.4) is 0 Å². The molecule has 3 aromatic rings. The summed E-state index contributed by atoms with van der Waals surface area (Å²) in [6, 6.07) is 14.9. The lowest BCUT2D eigenvalue weighted by Crippen LogP contribution is -2.25. The van der Waals surface area contributed by atoms with Gasteiger partial charge in [-0.2, -0.15) is 5.10 Å². The third-order valence-corrected chi connectivity index (χ3v) is 5.54. The van der Waals surface area contributed by atoms with E-state index >= 15 is 0 Å². The molecule has 0 fully saturated rings. The molecule has 1 aromatic heterocycles. The molecule has 0 aliphatic heterocycles. The Hall–Kier alpha value is -1.39. The zero-order valence-electron chi connectivity index (χ0n) is 13.0. The molecule has 0 atom stereocenters. The van der Waals surface area contributed by atoms with Gasteiger partial charge in [0.05, 0.1) is 17.6 Å². The van der Waals surface area contributed by atoms with Gasteiger partial charge in [-0.25, -0.2) is 4.68 Å².